The number of benzene rings is 1. The van der Waals surface area contributed by atoms with E-state index in [-0.39, 0.29) is 35.4 Å². The van der Waals surface area contributed by atoms with Crippen LogP contribution in [0.4, 0.5) is 0 Å². The average molecular weight is 574 g/mol. The van der Waals surface area contributed by atoms with E-state index in [0.717, 1.165) is 36.6 Å². The van der Waals surface area contributed by atoms with E-state index >= 15 is 0 Å². The summed E-state index contributed by atoms with van der Waals surface area (Å²) in [6, 6.07) is 7.91. The normalized spacial score (nSPS) is 19.0. The molecule has 2 fully saturated rings. The van der Waals surface area contributed by atoms with Crippen LogP contribution in [-0.4, -0.2) is 86.0 Å². The highest BCUT2D eigenvalue weighted by atomic mass is 127. The van der Waals surface area contributed by atoms with Gasteiger partial charge in [-0.15, -0.1) is 24.0 Å². The number of guanidine groups is 1. The minimum Gasteiger partial charge on any atom is -0.356 e. The number of carbonyl (C=O) groups is 1. The molecular formula is C24H40IN5OS. The largest absolute Gasteiger partial charge is 0.356 e. The number of hydrogen-bond donors (Lipinski definition) is 2. The minimum atomic E-state index is 0. The van der Waals surface area contributed by atoms with Gasteiger partial charge in [0.05, 0.1) is 0 Å². The van der Waals surface area contributed by atoms with Crippen LogP contribution in [-0.2, 0) is 6.42 Å². The topological polar surface area (TPSA) is 60.0 Å². The first-order valence-corrected chi connectivity index (χ1v) is 12.8. The maximum absolute atomic E-state index is 12.2. The molecule has 1 saturated heterocycles. The Hall–Kier alpha value is -1.00. The van der Waals surface area contributed by atoms with Crippen molar-refractivity contribution in [2.24, 2.45) is 4.99 Å². The smallest absolute Gasteiger partial charge is 0.253 e. The third kappa shape index (κ3) is 7.52. The zero-order valence-corrected chi connectivity index (χ0v) is 23.0. The third-order valence-electron chi connectivity index (χ3n) is 6.56. The molecular weight excluding hydrogens is 533 g/mol. The molecule has 2 N–H and O–H groups in total. The Bertz CT molecular complexity index is 746. The van der Waals surface area contributed by atoms with Crippen LogP contribution in [0, 0.1) is 0 Å². The molecule has 0 unspecified atom stereocenters. The fourth-order valence-corrected chi connectivity index (χ4v) is 5.67. The summed E-state index contributed by atoms with van der Waals surface area (Å²) < 4.78 is 0. The van der Waals surface area contributed by atoms with Crippen LogP contribution in [0.5, 0.6) is 0 Å². The average Bonchev–Trinajstić information content (AvgIpc) is 2.82. The predicted molar refractivity (Wildman–Crippen MR) is 148 cm³/mol. The summed E-state index contributed by atoms with van der Waals surface area (Å²) >= 11 is 2.08. The van der Waals surface area contributed by atoms with Crippen LogP contribution in [0.2, 0.25) is 0 Å². The molecule has 1 aromatic carbocycles. The highest BCUT2D eigenvalue weighted by Crippen LogP contribution is 2.34. The Labute approximate surface area is 215 Å². The molecule has 3 rings (SSSR count). The second-order valence-corrected chi connectivity index (χ2v) is 10.1. The Morgan fingerprint density at radius 2 is 1.88 bits per heavy atom. The lowest BCUT2D eigenvalue weighted by molar-refractivity contribution is 0.0626. The number of hydrogen-bond acceptors (Lipinski definition) is 4. The van der Waals surface area contributed by atoms with Crippen LogP contribution in [0.25, 0.3) is 0 Å². The fraction of sp³-hybridized carbons (Fsp3) is 0.667. The molecule has 1 aliphatic heterocycles. The van der Waals surface area contributed by atoms with E-state index in [4.69, 9.17) is 0 Å². The minimum absolute atomic E-state index is 0. The summed E-state index contributed by atoms with van der Waals surface area (Å²) in [4.78, 5) is 21.0. The number of nitrogens with one attached hydrogen (secondary N) is 2. The number of rotatable bonds is 7. The fourth-order valence-electron chi connectivity index (χ4n) is 4.76. The van der Waals surface area contributed by atoms with Crippen molar-refractivity contribution < 1.29 is 4.79 Å². The highest BCUT2D eigenvalue weighted by Gasteiger charge is 2.38. The second-order valence-electron chi connectivity index (χ2n) is 8.89. The molecule has 1 saturated carbocycles. The molecule has 0 bridgehead atoms. The van der Waals surface area contributed by atoms with Crippen LogP contribution in [0.15, 0.2) is 29.3 Å². The monoisotopic (exact) mass is 573 g/mol. The van der Waals surface area contributed by atoms with Gasteiger partial charge in [0.1, 0.15) is 0 Å². The van der Waals surface area contributed by atoms with E-state index in [1.165, 1.54) is 56.7 Å². The first kappa shape index (κ1) is 27.2. The summed E-state index contributed by atoms with van der Waals surface area (Å²) in [5.74, 6) is 3.42. The van der Waals surface area contributed by atoms with Gasteiger partial charge in [0.15, 0.2) is 5.96 Å². The van der Waals surface area contributed by atoms with Crippen LogP contribution in [0.1, 0.15) is 48.0 Å². The van der Waals surface area contributed by atoms with Gasteiger partial charge in [-0.3, -0.25) is 14.7 Å². The number of carbonyl (C=O) groups excluding carboxylic acids is 1. The number of amides is 1. The molecule has 32 heavy (non-hydrogen) atoms. The molecule has 6 nitrogen and oxygen atoms in total. The van der Waals surface area contributed by atoms with Crippen LogP contribution in [0.3, 0.4) is 0 Å². The van der Waals surface area contributed by atoms with E-state index in [9.17, 15) is 4.79 Å². The molecule has 2 aliphatic rings. The Morgan fingerprint density at radius 3 is 2.53 bits per heavy atom. The number of thioether (sulfide) groups is 1. The van der Waals surface area contributed by atoms with Crippen molar-refractivity contribution in [3.63, 3.8) is 0 Å². The molecule has 8 heteroatoms. The van der Waals surface area contributed by atoms with Crippen LogP contribution >= 0.6 is 35.7 Å². The molecule has 1 aromatic rings. The van der Waals surface area contributed by atoms with Gasteiger partial charge in [-0.25, -0.2) is 0 Å². The quantitative estimate of drug-likeness (QED) is 0.297. The first-order valence-electron chi connectivity index (χ1n) is 11.6. The number of nitrogens with zero attached hydrogens (tertiary/aromatic N) is 3. The Morgan fingerprint density at radius 1 is 1.16 bits per heavy atom. The summed E-state index contributed by atoms with van der Waals surface area (Å²) in [5.41, 5.74) is 2.17. The molecule has 1 amide bonds. The summed E-state index contributed by atoms with van der Waals surface area (Å²) in [7, 11) is 5.42. The highest BCUT2D eigenvalue weighted by molar-refractivity contribution is 14.0. The first-order chi connectivity index (χ1) is 15.0. The van der Waals surface area contributed by atoms with Crippen molar-refractivity contribution in [3.05, 3.63) is 35.4 Å². The van der Waals surface area contributed by atoms with Gasteiger partial charge >= 0.3 is 0 Å². The summed E-state index contributed by atoms with van der Waals surface area (Å²) in [5, 5.41) is 7.11. The SMILES string of the molecule is CN=C(NCCc1cccc(C(=O)N(C)C)c1)NCC1(N2CCSCC2)CCCCC1.I. The lowest BCUT2D eigenvalue weighted by Crippen LogP contribution is -2.59. The Balaban J connectivity index is 0.00000363. The zero-order valence-electron chi connectivity index (χ0n) is 19.9. The summed E-state index contributed by atoms with van der Waals surface area (Å²) in [6.45, 7) is 4.16. The van der Waals surface area contributed by atoms with E-state index in [2.05, 4.69) is 38.4 Å². The maximum atomic E-state index is 12.2. The third-order valence-corrected chi connectivity index (χ3v) is 7.50. The standard InChI is InChI=1S/C24H39N5OS.HI/c1-25-23(26-13-10-20-8-7-9-21(18-20)22(30)28(2)3)27-19-24(11-5-4-6-12-24)29-14-16-31-17-15-29;/h7-9,18H,4-6,10-17,19H2,1-3H3,(H2,25,26,27);1H. The van der Waals surface area contributed by atoms with Gasteiger partial charge in [-0.1, -0.05) is 31.4 Å². The lowest BCUT2D eigenvalue weighted by Gasteiger charge is -2.48. The molecule has 180 valence electrons. The van der Waals surface area contributed by atoms with Crippen LogP contribution < -0.4 is 10.6 Å². The maximum Gasteiger partial charge on any atom is 0.253 e. The molecule has 0 atom stereocenters. The van der Waals surface area contributed by atoms with Crippen molar-refractivity contribution in [3.8, 4) is 0 Å². The predicted octanol–water partition coefficient (Wildman–Crippen LogP) is 3.47. The summed E-state index contributed by atoms with van der Waals surface area (Å²) in [6.07, 6.45) is 7.46. The van der Waals surface area contributed by atoms with Gasteiger partial charge in [-0.2, -0.15) is 11.8 Å². The molecule has 0 spiro atoms. The van der Waals surface area contributed by atoms with E-state index in [1.54, 1.807) is 19.0 Å². The molecule has 1 heterocycles. The molecule has 1 aliphatic carbocycles. The van der Waals surface area contributed by atoms with Gasteiger partial charge in [0, 0.05) is 69.9 Å². The van der Waals surface area contributed by atoms with Gasteiger partial charge in [0.2, 0.25) is 0 Å². The van der Waals surface area contributed by atoms with Crippen molar-refractivity contribution in [2.45, 2.75) is 44.1 Å². The lowest BCUT2D eigenvalue weighted by atomic mass is 9.80. The van der Waals surface area contributed by atoms with E-state index in [1.807, 2.05) is 25.2 Å². The van der Waals surface area contributed by atoms with E-state index < -0.39 is 0 Å². The van der Waals surface area contributed by atoms with Gasteiger partial charge < -0.3 is 15.5 Å². The van der Waals surface area contributed by atoms with Crippen molar-refractivity contribution in [1.29, 1.82) is 0 Å². The van der Waals surface area contributed by atoms with E-state index in [0.29, 0.717) is 0 Å². The van der Waals surface area contributed by atoms with Crippen molar-refractivity contribution >= 4 is 47.6 Å². The van der Waals surface area contributed by atoms with Crippen molar-refractivity contribution in [1.82, 2.24) is 20.4 Å². The second kappa shape index (κ2) is 13.6. The Kier molecular flexibility index (Phi) is 11.6. The van der Waals surface area contributed by atoms with Crippen molar-refractivity contribution in [2.75, 3.05) is 58.8 Å². The molecule has 0 aromatic heterocycles. The van der Waals surface area contributed by atoms with Gasteiger partial charge in [0.25, 0.3) is 5.91 Å². The van der Waals surface area contributed by atoms with Gasteiger partial charge in [-0.05, 0) is 37.0 Å². The number of aliphatic imine (C=N–C) groups is 1. The molecule has 0 radical (unpaired) electrons. The number of halogens is 1. The zero-order chi connectivity index (χ0) is 22.1.